The number of nitrogens with zero attached hydrogens (tertiary/aromatic N) is 1. The van der Waals surface area contributed by atoms with Crippen molar-refractivity contribution < 1.29 is 40.3 Å². The van der Waals surface area contributed by atoms with Gasteiger partial charge in [0.1, 0.15) is 0 Å². The van der Waals surface area contributed by atoms with Crippen molar-refractivity contribution in [1.29, 1.82) is 0 Å². The predicted molar refractivity (Wildman–Crippen MR) is 107 cm³/mol. The van der Waals surface area contributed by atoms with Gasteiger partial charge in [-0.1, -0.05) is 41.9 Å². The highest BCUT2D eigenvalue weighted by atomic mass is 35.5. The topological polar surface area (TPSA) is 70.6 Å². The van der Waals surface area contributed by atoms with Gasteiger partial charge in [-0.05, 0) is 36.2 Å². The third-order valence-electron chi connectivity index (χ3n) is 4.23. The Hall–Kier alpha value is -3.15. The summed E-state index contributed by atoms with van der Waals surface area (Å²) in [4.78, 5) is 23.5. The third-order valence-corrected chi connectivity index (χ3v) is 4.60. The Morgan fingerprint density at radius 1 is 0.970 bits per heavy atom. The number of alkyl halides is 7. The summed E-state index contributed by atoms with van der Waals surface area (Å²) in [5.74, 6) is -16.0. The Bertz CT molecular complexity index is 1070. The van der Waals surface area contributed by atoms with Gasteiger partial charge < -0.3 is 5.32 Å². The van der Waals surface area contributed by atoms with E-state index in [0.717, 1.165) is 12.1 Å². The van der Waals surface area contributed by atoms with E-state index in [9.17, 15) is 40.3 Å². The molecule has 2 amide bonds. The monoisotopic (exact) mass is 497 g/mol. The van der Waals surface area contributed by atoms with Crippen LogP contribution in [0.4, 0.5) is 36.4 Å². The first-order valence-electron chi connectivity index (χ1n) is 8.97. The highest BCUT2D eigenvalue weighted by Gasteiger charge is 2.76. The van der Waals surface area contributed by atoms with Gasteiger partial charge >= 0.3 is 23.9 Å². The lowest BCUT2D eigenvalue weighted by Gasteiger charge is -2.27. The molecule has 0 aromatic heterocycles. The third kappa shape index (κ3) is 6.01. The van der Waals surface area contributed by atoms with Crippen molar-refractivity contribution in [2.45, 2.75) is 31.4 Å². The van der Waals surface area contributed by atoms with E-state index in [-0.39, 0.29) is 17.7 Å². The first-order valence-corrected chi connectivity index (χ1v) is 9.35. The molecule has 0 saturated heterocycles. The van der Waals surface area contributed by atoms with Crippen LogP contribution in [0.15, 0.2) is 53.6 Å². The summed E-state index contributed by atoms with van der Waals surface area (Å²) in [5, 5.41) is 5.50. The van der Waals surface area contributed by atoms with Crippen LogP contribution in [0.5, 0.6) is 0 Å². The van der Waals surface area contributed by atoms with Crippen LogP contribution in [0.2, 0.25) is 5.02 Å². The van der Waals surface area contributed by atoms with Crippen LogP contribution in [0.3, 0.4) is 0 Å². The quantitative estimate of drug-likeness (QED) is 0.314. The van der Waals surface area contributed by atoms with Gasteiger partial charge in [0.25, 0.3) is 0 Å². The minimum Gasteiger partial charge on any atom is -0.321 e. The lowest BCUT2D eigenvalue weighted by molar-refractivity contribution is -0.343. The lowest BCUT2D eigenvalue weighted by atomic mass is 10.1. The Labute approximate surface area is 187 Å². The van der Waals surface area contributed by atoms with E-state index in [2.05, 4.69) is 10.5 Å². The molecule has 178 valence electrons. The van der Waals surface area contributed by atoms with Crippen LogP contribution < -0.4 is 10.7 Å². The average molecular weight is 498 g/mol. The van der Waals surface area contributed by atoms with Gasteiger partial charge in [0.05, 0.1) is 12.1 Å². The van der Waals surface area contributed by atoms with Gasteiger partial charge in [-0.2, -0.15) is 35.8 Å². The van der Waals surface area contributed by atoms with Crippen LogP contribution in [-0.4, -0.2) is 35.5 Å². The Morgan fingerprint density at radius 2 is 1.61 bits per heavy atom. The number of hydrogen-bond acceptors (Lipinski definition) is 3. The molecule has 0 aliphatic heterocycles. The maximum absolute atomic E-state index is 13.5. The number of anilines is 1. The molecule has 0 bridgehead atoms. The fourth-order valence-electron chi connectivity index (χ4n) is 2.42. The number of amides is 2. The van der Waals surface area contributed by atoms with Crippen LogP contribution in [0, 0.1) is 0 Å². The van der Waals surface area contributed by atoms with Gasteiger partial charge in [-0.15, -0.1) is 0 Å². The number of carbonyl (C=O) groups is 2. The zero-order valence-electron chi connectivity index (χ0n) is 16.6. The number of carbonyl (C=O) groups excluding carboxylic acids is 2. The van der Waals surface area contributed by atoms with Gasteiger partial charge in [0.2, 0.25) is 5.91 Å². The molecule has 2 rings (SSSR count). The molecule has 0 unspecified atom stereocenters. The molecule has 0 spiro atoms. The minimum absolute atomic E-state index is 0.102. The molecule has 0 atom stereocenters. The van der Waals surface area contributed by atoms with Crippen molar-refractivity contribution in [3.05, 3.63) is 64.7 Å². The van der Waals surface area contributed by atoms with Crippen molar-refractivity contribution in [2.75, 3.05) is 5.32 Å². The molecule has 5 nitrogen and oxygen atoms in total. The minimum atomic E-state index is -6.64. The summed E-state index contributed by atoms with van der Waals surface area (Å²) >= 11 is 5.96. The van der Waals surface area contributed by atoms with Crippen molar-refractivity contribution >= 4 is 34.8 Å². The maximum atomic E-state index is 13.5. The highest BCUT2D eigenvalue weighted by molar-refractivity contribution is 6.31. The van der Waals surface area contributed by atoms with Crippen molar-refractivity contribution in [3.8, 4) is 0 Å². The van der Waals surface area contributed by atoms with Gasteiger partial charge in [-0.25, -0.2) is 5.43 Å². The van der Waals surface area contributed by atoms with Crippen LogP contribution in [-0.2, 0) is 16.0 Å². The summed E-state index contributed by atoms with van der Waals surface area (Å²) in [6.07, 6.45) is -6.74. The second-order valence-electron chi connectivity index (χ2n) is 6.68. The molecular weight excluding hydrogens is 483 g/mol. The molecule has 0 radical (unpaired) electrons. The van der Waals surface area contributed by atoms with E-state index in [4.69, 9.17) is 11.6 Å². The number of rotatable bonds is 7. The Balaban J connectivity index is 2.11. The second-order valence-corrected chi connectivity index (χ2v) is 7.09. The summed E-state index contributed by atoms with van der Waals surface area (Å²) in [6.45, 7) is 1.39. The number of nitrogens with one attached hydrogen (secondary N) is 2. The first kappa shape index (κ1) is 26.1. The molecule has 0 fully saturated rings. The molecule has 2 aromatic carbocycles. The standard InChI is InChI=1S/C20H15ClF7N3O2/c1-11(30-31-16(32)10-13-5-2-3-8-15(13)21)12-6-4-7-14(9-12)29-17(33)18(22,23)19(24,25)20(26,27)28/h2-9H,10H2,1H3,(H,29,33)(H,31,32)/b30-11+. The molecule has 0 heterocycles. The fourth-order valence-corrected chi connectivity index (χ4v) is 2.62. The molecule has 13 heteroatoms. The van der Waals surface area contributed by atoms with Gasteiger partial charge in [-0.3, -0.25) is 9.59 Å². The van der Waals surface area contributed by atoms with E-state index in [1.807, 2.05) is 0 Å². The molecule has 33 heavy (non-hydrogen) atoms. The van der Waals surface area contributed by atoms with E-state index >= 15 is 0 Å². The summed E-state index contributed by atoms with van der Waals surface area (Å²) in [5.41, 5.74) is 2.54. The van der Waals surface area contributed by atoms with Crippen molar-refractivity contribution in [2.24, 2.45) is 5.10 Å². The molecule has 0 saturated carbocycles. The van der Waals surface area contributed by atoms with E-state index in [1.54, 1.807) is 24.3 Å². The second kappa shape index (κ2) is 9.77. The number of hydrogen-bond donors (Lipinski definition) is 2. The fraction of sp³-hybridized carbons (Fsp3) is 0.250. The first-order chi connectivity index (χ1) is 15.2. The molecule has 0 aliphatic carbocycles. The van der Waals surface area contributed by atoms with E-state index < -0.39 is 35.5 Å². The van der Waals surface area contributed by atoms with Crippen LogP contribution in [0.1, 0.15) is 18.1 Å². The Kier molecular flexibility index (Phi) is 7.73. The summed E-state index contributed by atoms with van der Waals surface area (Å²) in [6, 6.07) is 11.1. The molecule has 2 aromatic rings. The molecular formula is C20H15ClF7N3O2. The van der Waals surface area contributed by atoms with Crippen molar-refractivity contribution in [3.63, 3.8) is 0 Å². The van der Waals surface area contributed by atoms with Crippen LogP contribution >= 0.6 is 11.6 Å². The van der Waals surface area contributed by atoms with Crippen molar-refractivity contribution in [1.82, 2.24) is 5.43 Å². The SMILES string of the molecule is C/C(=N\NC(=O)Cc1ccccc1Cl)c1cccc(NC(=O)C(F)(F)C(F)(F)C(F)(F)F)c1. The average Bonchev–Trinajstić information content (AvgIpc) is 2.73. The largest absolute Gasteiger partial charge is 0.460 e. The Morgan fingerprint density at radius 3 is 2.21 bits per heavy atom. The number of halogens is 8. The molecule has 0 aliphatic rings. The van der Waals surface area contributed by atoms with E-state index in [1.165, 1.54) is 24.4 Å². The zero-order chi connectivity index (χ0) is 25.0. The number of hydrazone groups is 1. The highest BCUT2D eigenvalue weighted by Crippen LogP contribution is 2.46. The zero-order valence-corrected chi connectivity index (χ0v) is 17.4. The van der Waals surface area contributed by atoms with Gasteiger partial charge in [0, 0.05) is 10.7 Å². The van der Waals surface area contributed by atoms with Gasteiger partial charge in [0.15, 0.2) is 0 Å². The lowest BCUT2D eigenvalue weighted by Crippen LogP contribution is -2.57. The summed E-state index contributed by atoms with van der Waals surface area (Å²) < 4.78 is 89.7. The molecule has 2 N–H and O–H groups in total. The smallest absolute Gasteiger partial charge is 0.321 e. The summed E-state index contributed by atoms with van der Waals surface area (Å²) in [7, 11) is 0. The normalized spacial score (nSPS) is 12.9. The predicted octanol–water partition coefficient (Wildman–Crippen LogP) is 5.19. The van der Waals surface area contributed by atoms with E-state index in [0.29, 0.717) is 10.6 Å². The van der Waals surface area contributed by atoms with Crippen LogP contribution in [0.25, 0.3) is 0 Å². The maximum Gasteiger partial charge on any atom is 0.460 e. The number of benzene rings is 2.